The Kier molecular flexibility index (Phi) is 7.05. The number of aliphatic carboxylic acids is 1. The van der Waals surface area contributed by atoms with Crippen molar-refractivity contribution >= 4 is 29.2 Å². The molecule has 1 aromatic carbocycles. The first-order valence-electron chi connectivity index (χ1n) is 10.7. The van der Waals surface area contributed by atoms with Crippen LogP contribution in [0.25, 0.3) is 22.8 Å². The second-order valence-electron chi connectivity index (χ2n) is 8.17. The zero-order chi connectivity index (χ0) is 23.5. The maximum atomic E-state index is 11.1. The Bertz CT molecular complexity index is 1140. The van der Waals surface area contributed by atoms with Gasteiger partial charge in [0.05, 0.1) is 28.7 Å². The summed E-state index contributed by atoms with van der Waals surface area (Å²) < 4.78 is 16.9. The van der Waals surface area contributed by atoms with Crippen LogP contribution in [0, 0.1) is 5.92 Å². The average Bonchev–Trinajstić information content (AvgIpc) is 3.25. The molecule has 2 heterocycles. The fourth-order valence-corrected chi connectivity index (χ4v) is 4.14. The lowest BCUT2D eigenvalue weighted by Gasteiger charge is -2.26. The standard InChI is InChI=1S/C23H23Cl2N3O5/c1-12(2)31-22-19(25)9-14(11-26-22)21-27-20(28-33-21)17-8-7-16(10-18(17)24)32-15-5-3-13(4-6-15)23(29)30/h7-13,15H,3-6H2,1-2H3,(H,29,30)/t13-,15+. The van der Waals surface area contributed by atoms with Gasteiger partial charge in [0.25, 0.3) is 5.89 Å². The lowest BCUT2D eigenvalue weighted by Crippen LogP contribution is -2.27. The predicted octanol–water partition coefficient (Wildman–Crippen LogP) is 5.91. The second kappa shape index (κ2) is 9.97. The van der Waals surface area contributed by atoms with Crippen LogP contribution in [0.4, 0.5) is 0 Å². The molecule has 1 N–H and O–H groups in total. The third kappa shape index (κ3) is 5.57. The number of benzene rings is 1. The SMILES string of the molecule is CC(C)Oc1ncc(-c2nc(-c3ccc(O[C@H]4CC[C@@H](C(=O)O)CC4)cc3Cl)no2)cc1Cl. The van der Waals surface area contributed by atoms with E-state index in [2.05, 4.69) is 15.1 Å². The van der Waals surface area contributed by atoms with Crippen molar-refractivity contribution in [2.75, 3.05) is 0 Å². The van der Waals surface area contributed by atoms with Crippen molar-refractivity contribution in [2.45, 2.75) is 51.7 Å². The number of pyridine rings is 1. The first-order valence-corrected chi connectivity index (χ1v) is 11.4. The maximum absolute atomic E-state index is 11.1. The molecule has 0 saturated heterocycles. The maximum Gasteiger partial charge on any atom is 0.306 e. The molecule has 33 heavy (non-hydrogen) atoms. The quantitative estimate of drug-likeness (QED) is 0.434. The monoisotopic (exact) mass is 491 g/mol. The van der Waals surface area contributed by atoms with E-state index in [1.807, 2.05) is 13.8 Å². The molecule has 0 bridgehead atoms. The molecule has 3 aromatic rings. The third-order valence-corrected chi connectivity index (χ3v) is 5.92. The van der Waals surface area contributed by atoms with E-state index in [0.717, 1.165) is 0 Å². The van der Waals surface area contributed by atoms with Crippen LogP contribution in [0.3, 0.4) is 0 Å². The normalized spacial score (nSPS) is 18.3. The molecule has 0 spiro atoms. The van der Waals surface area contributed by atoms with Crippen molar-refractivity contribution in [1.82, 2.24) is 15.1 Å². The average molecular weight is 492 g/mol. The van der Waals surface area contributed by atoms with Gasteiger partial charge in [-0.05, 0) is 63.8 Å². The van der Waals surface area contributed by atoms with Gasteiger partial charge < -0.3 is 19.1 Å². The summed E-state index contributed by atoms with van der Waals surface area (Å²) in [5.74, 6) is 0.503. The van der Waals surface area contributed by atoms with Crippen LogP contribution >= 0.6 is 23.2 Å². The summed E-state index contributed by atoms with van der Waals surface area (Å²) in [6.07, 6.45) is 4.09. The highest BCUT2D eigenvalue weighted by Crippen LogP contribution is 2.34. The smallest absolute Gasteiger partial charge is 0.306 e. The number of rotatable bonds is 7. The van der Waals surface area contributed by atoms with E-state index in [0.29, 0.717) is 64.3 Å². The van der Waals surface area contributed by atoms with Gasteiger partial charge >= 0.3 is 5.97 Å². The molecule has 2 aromatic heterocycles. The molecule has 1 fully saturated rings. The molecule has 0 aliphatic heterocycles. The molecule has 0 unspecified atom stereocenters. The Balaban J connectivity index is 1.45. The van der Waals surface area contributed by atoms with Crippen LogP contribution in [-0.2, 0) is 4.79 Å². The van der Waals surface area contributed by atoms with Crippen LogP contribution in [0.5, 0.6) is 11.6 Å². The minimum Gasteiger partial charge on any atom is -0.490 e. The Morgan fingerprint density at radius 1 is 1.15 bits per heavy atom. The number of carbonyl (C=O) groups is 1. The van der Waals surface area contributed by atoms with E-state index < -0.39 is 5.97 Å². The summed E-state index contributed by atoms with van der Waals surface area (Å²) in [4.78, 5) is 19.7. The lowest BCUT2D eigenvalue weighted by atomic mass is 9.87. The molecule has 0 amide bonds. The topological polar surface area (TPSA) is 108 Å². The molecule has 1 aliphatic rings. The Morgan fingerprint density at radius 3 is 2.55 bits per heavy atom. The van der Waals surface area contributed by atoms with E-state index in [4.69, 9.17) is 42.3 Å². The minimum absolute atomic E-state index is 0.0285. The highest BCUT2D eigenvalue weighted by molar-refractivity contribution is 6.33. The first kappa shape index (κ1) is 23.3. The van der Waals surface area contributed by atoms with Crippen molar-refractivity contribution in [2.24, 2.45) is 5.92 Å². The van der Waals surface area contributed by atoms with Gasteiger partial charge in [0.2, 0.25) is 11.7 Å². The van der Waals surface area contributed by atoms with Crippen LogP contribution < -0.4 is 9.47 Å². The molecule has 10 heteroatoms. The van der Waals surface area contributed by atoms with E-state index in [-0.39, 0.29) is 24.0 Å². The van der Waals surface area contributed by atoms with Crippen LogP contribution in [0.15, 0.2) is 35.0 Å². The summed E-state index contributed by atoms with van der Waals surface area (Å²) in [6, 6.07) is 6.91. The van der Waals surface area contributed by atoms with Gasteiger partial charge in [-0.1, -0.05) is 28.4 Å². The third-order valence-electron chi connectivity index (χ3n) is 5.34. The largest absolute Gasteiger partial charge is 0.490 e. The Hall–Kier alpha value is -2.84. The Morgan fingerprint density at radius 2 is 1.91 bits per heavy atom. The van der Waals surface area contributed by atoms with Gasteiger partial charge in [-0.2, -0.15) is 4.98 Å². The van der Waals surface area contributed by atoms with Gasteiger partial charge in [-0.15, -0.1) is 0 Å². The van der Waals surface area contributed by atoms with Gasteiger partial charge in [-0.25, -0.2) is 4.98 Å². The minimum atomic E-state index is -0.738. The fraction of sp³-hybridized carbons (Fsp3) is 0.391. The molecular formula is C23H23Cl2N3O5. The number of hydrogen-bond donors (Lipinski definition) is 1. The van der Waals surface area contributed by atoms with E-state index in [1.165, 1.54) is 0 Å². The summed E-state index contributed by atoms with van der Waals surface area (Å²) in [5, 5.41) is 13.9. The van der Waals surface area contributed by atoms with Crippen LogP contribution in [0.1, 0.15) is 39.5 Å². The number of halogens is 2. The molecular weight excluding hydrogens is 469 g/mol. The summed E-state index contributed by atoms with van der Waals surface area (Å²) in [5.41, 5.74) is 1.15. The number of carboxylic acids is 1. The summed E-state index contributed by atoms with van der Waals surface area (Å²) in [7, 11) is 0. The Labute approximate surface area is 200 Å². The number of ether oxygens (including phenoxy) is 2. The zero-order valence-electron chi connectivity index (χ0n) is 18.1. The zero-order valence-corrected chi connectivity index (χ0v) is 19.6. The second-order valence-corrected chi connectivity index (χ2v) is 8.99. The van der Waals surface area contributed by atoms with Crippen LogP contribution in [-0.4, -0.2) is 38.4 Å². The van der Waals surface area contributed by atoms with E-state index in [1.54, 1.807) is 30.5 Å². The molecule has 8 nitrogen and oxygen atoms in total. The summed E-state index contributed by atoms with van der Waals surface area (Å²) in [6.45, 7) is 3.78. The highest BCUT2D eigenvalue weighted by atomic mass is 35.5. The lowest BCUT2D eigenvalue weighted by molar-refractivity contribution is -0.143. The molecule has 1 aliphatic carbocycles. The van der Waals surface area contributed by atoms with Crippen molar-refractivity contribution in [3.63, 3.8) is 0 Å². The molecule has 1 saturated carbocycles. The number of hydrogen-bond acceptors (Lipinski definition) is 7. The van der Waals surface area contributed by atoms with E-state index in [9.17, 15) is 4.79 Å². The number of aromatic nitrogens is 3. The van der Waals surface area contributed by atoms with Gasteiger partial charge in [0, 0.05) is 11.8 Å². The number of nitrogens with zero attached hydrogens (tertiary/aromatic N) is 3. The van der Waals surface area contributed by atoms with Crippen LogP contribution in [0.2, 0.25) is 10.0 Å². The summed E-state index contributed by atoms with van der Waals surface area (Å²) >= 11 is 12.7. The number of carboxylic acid groups (broad SMARTS) is 1. The van der Waals surface area contributed by atoms with Gasteiger partial charge in [0.15, 0.2) is 0 Å². The molecule has 0 radical (unpaired) electrons. The van der Waals surface area contributed by atoms with E-state index >= 15 is 0 Å². The molecule has 174 valence electrons. The molecule has 4 rings (SSSR count). The van der Waals surface area contributed by atoms with Gasteiger partial charge in [-0.3, -0.25) is 4.79 Å². The van der Waals surface area contributed by atoms with Gasteiger partial charge in [0.1, 0.15) is 10.8 Å². The first-order chi connectivity index (χ1) is 15.8. The van der Waals surface area contributed by atoms with Crippen molar-refractivity contribution in [3.8, 4) is 34.5 Å². The van der Waals surface area contributed by atoms with Crippen molar-refractivity contribution in [3.05, 3.63) is 40.5 Å². The highest BCUT2D eigenvalue weighted by Gasteiger charge is 2.27. The fourth-order valence-electron chi connectivity index (χ4n) is 3.67. The van der Waals surface area contributed by atoms with Crippen molar-refractivity contribution < 1.29 is 23.9 Å². The molecule has 0 atom stereocenters. The van der Waals surface area contributed by atoms with Crippen molar-refractivity contribution in [1.29, 1.82) is 0 Å². The predicted molar refractivity (Wildman–Crippen MR) is 123 cm³/mol.